The first kappa shape index (κ1) is 21.6. The maximum absolute atomic E-state index is 12.7. The van der Waals surface area contributed by atoms with Crippen LogP contribution in [0.4, 0.5) is 5.69 Å². The summed E-state index contributed by atoms with van der Waals surface area (Å²) in [5.41, 5.74) is 4.22. The van der Waals surface area contributed by atoms with Crippen molar-refractivity contribution in [1.29, 1.82) is 5.41 Å². The number of benzene rings is 1. The second-order valence-corrected chi connectivity index (χ2v) is 7.49. The van der Waals surface area contributed by atoms with Crippen molar-refractivity contribution in [2.75, 3.05) is 18.4 Å². The van der Waals surface area contributed by atoms with Crippen LogP contribution in [0.3, 0.4) is 0 Å². The van der Waals surface area contributed by atoms with E-state index in [4.69, 9.17) is 22.9 Å². The molecule has 9 nitrogen and oxygen atoms in total. The normalized spacial score (nSPS) is 15.0. The van der Waals surface area contributed by atoms with Crippen LogP contribution in [-0.4, -0.2) is 52.4 Å². The zero-order chi connectivity index (χ0) is 22.0. The molecule has 0 saturated carbocycles. The lowest BCUT2D eigenvalue weighted by atomic mass is 10.0. The number of hydrazine groups is 1. The van der Waals surface area contributed by atoms with Crippen LogP contribution >= 0.6 is 11.6 Å². The smallest absolute Gasteiger partial charge is 0.256 e. The van der Waals surface area contributed by atoms with Gasteiger partial charge in [0.15, 0.2) is 0 Å². The van der Waals surface area contributed by atoms with Crippen LogP contribution in [0.1, 0.15) is 32.9 Å². The Hall–Kier alpha value is -3.14. The second-order valence-electron chi connectivity index (χ2n) is 7.06. The van der Waals surface area contributed by atoms with Gasteiger partial charge in [0, 0.05) is 34.2 Å². The predicted octanol–water partition coefficient (Wildman–Crippen LogP) is 1.65. The van der Waals surface area contributed by atoms with Crippen molar-refractivity contribution in [3.8, 4) is 0 Å². The van der Waals surface area contributed by atoms with E-state index in [9.17, 15) is 14.7 Å². The number of aromatic nitrogens is 1. The maximum Gasteiger partial charge on any atom is 0.256 e. The van der Waals surface area contributed by atoms with E-state index in [-0.39, 0.29) is 24.9 Å². The van der Waals surface area contributed by atoms with Gasteiger partial charge in [-0.25, -0.2) is 5.84 Å². The highest BCUT2D eigenvalue weighted by Gasteiger charge is 2.26. The number of aliphatic hydroxyl groups excluding tert-OH is 1. The van der Waals surface area contributed by atoms with Crippen LogP contribution in [0.15, 0.2) is 18.2 Å². The van der Waals surface area contributed by atoms with Gasteiger partial charge in [-0.05, 0) is 43.7 Å². The van der Waals surface area contributed by atoms with Crippen molar-refractivity contribution in [2.24, 2.45) is 5.84 Å². The number of aromatic amines is 1. The van der Waals surface area contributed by atoms with E-state index in [1.54, 1.807) is 38.1 Å². The first-order valence-corrected chi connectivity index (χ1v) is 9.59. The molecule has 2 aromatic rings. The van der Waals surface area contributed by atoms with E-state index in [0.717, 1.165) is 11.3 Å². The Kier molecular flexibility index (Phi) is 6.25. The number of anilines is 1. The molecule has 1 aliphatic rings. The predicted molar refractivity (Wildman–Crippen MR) is 116 cm³/mol. The first-order valence-electron chi connectivity index (χ1n) is 9.21. The van der Waals surface area contributed by atoms with Crippen molar-refractivity contribution >= 4 is 47.1 Å². The molecule has 1 atom stereocenters. The third kappa shape index (κ3) is 4.38. The lowest BCUT2D eigenvalue weighted by molar-refractivity contribution is -0.110. The Morgan fingerprint density at radius 1 is 1.43 bits per heavy atom. The molecule has 1 aromatic carbocycles. The van der Waals surface area contributed by atoms with Gasteiger partial charge in [-0.15, -0.1) is 0 Å². The number of hydrogen-bond acceptors (Lipinski definition) is 5. The van der Waals surface area contributed by atoms with Crippen molar-refractivity contribution < 1.29 is 14.7 Å². The molecule has 0 spiro atoms. The number of fused-ring (bicyclic) bond motifs is 1. The fourth-order valence-electron chi connectivity index (χ4n) is 3.37. The number of hydrogen-bond donors (Lipinski definition) is 6. The number of rotatable bonds is 7. The Morgan fingerprint density at radius 3 is 2.87 bits per heavy atom. The number of carbonyl (C=O) groups excluding carboxylic acids is 2. The Labute approximate surface area is 178 Å². The molecule has 0 aliphatic carbocycles. The number of aliphatic hydroxyl groups is 1. The largest absolute Gasteiger partial charge is 0.389 e. The first-order chi connectivity index (χ1) is 14.2. The number of H-pyrrole nitrogens is 1. The summed E-state index contributed by atoms with van der Waals surface area (Å²) < 4.78 is 0. The van der Waals surface area contributed by atoms with E-state index in [1.165, 1.54) is 0 Å². The quantitative estimate of drug-likeness (QED) is 0.130. The molecule has 0 radical (unpaired) electrons. The molecule has 1 aromatic heterocycles. The molecule has 0 fully saturated rings. The van der Waals surface area contributed by atoms with E-state index < -0.39 is 6.10 Å². The summed E-state index contributed by atoms with van der Waals surface area (Å²) in [7, 11) is 0. The Morgan fingerprint density at radius 2 is 2.17 bits per heavy atom. The number of aryl methyl sites for hydroxylation is 1. The molecule has 0 bridgehead atoms. The number of amides is 2. The average molecular weight is 431 g/mol. The van der Waals surface area contributed by atoms with Crippen LogP contribution < -0.4 is 16.5 Å². The van der Waals surface area contributed by atoms with Gasteiger partial charge < -0.3 is 20.7 Å². The Bertz CT molecular complexity index is 1050. The van der Waals surface area contributed by atoms with E-state index in [2.05, 4.69) is 15.6 Å². The fraction of sp³-hybridized carbons (Fsp3) is 0.250. The number of nitrogens with zero attached hydrogens (tertiary/aromatic N) is 1. The third-order valence-corrected chi connectivity index (χ3v) is 5.08. The number of nitrogens with two attached hydrogens (primary N) is 1. The van der Waals surface area contributed by atoms with E-state index in [1.807, 2.05) is 0 Å². The van der Waals surface area contributed by atoms with Crippen LogP contribution in [0.25, 0.3) is 11.6 Å². The van der Waals surface area contributed by atoms with E-state index in [0.29, 0.717) is 44.4 Å². The fourth-order valence-corrected chi connectivity index (χ4v) is 3.54. The summed E-state index contributed by atoms with van der Waals surface area (Å²) in [6.45, 7) is 3.54. The summed E-state index contributed by atoms with van der Waals surface area (Å²) in [5, 5.41) is 23.9. The van der Waals surface area contributed by atoms with Crippen LogP contribution in [0.2, 0.25) is 5.02 Å². The van der Waals surface area contributed by atoms with Crippen molar-refractivity contribution in [1.82, 2.24) is 15.3 Å². The summed E-state index contributed by atoms with van der Waals surface area (Å²) >= 11 is 6.07. The molecule has 7 N–H and O–H groups in total. The Balaban J connectivity index is 1.82. The number of halogens is 1. The molecule has 1 aliphatic heterocycles. The van der Waals surface area contributed by atoms with Crippen molar-refractivity contribution in [3.63, 3.8) is 0 Å². The summed E-state index contributed by atoms with van der Waals surface area (Å²) in [6, 6.07) is 5.17. The molecule has 2 amide bonds. The number of nitrogens with one attached hydrogen (secondary N) is 4. The molecule has 2 heterocycles. The second kappa shape index (κ2) is 8.70. The third-order valence-electron chi connectivity index (χ3n) is 4.84. The van der Waals surface area contributed by atoms with Crippen molar-refractivity contribution in [2.45, 2.75) is 20.0 Å². The molecular formula is C20H23ClN6O3. The number of carbonyl (C=O) groups is 2. The highest BCUT2D eigenvalue weighted by molar-refractivity contribution is 6.36. The molecule has 158 valence electrons. The average Bonchev–Trinajstić information content (AvgIpc) is 3.15. The van der Waals surface area contributed by atoms with Gasteiger partial charge in [0.2, 0.25) is 0 Å². The topological polar surface area (TPSA) is 147 Å². The lowest BCUT2D eigenvalue weighted by Gasteiger charge is -2.17. The highest BCUT2D eigenvalue weighted by Crippen LogP contribution is 2.35. The lowest BCUT2D eigenvalue weighted by Crippen LogP contribution is -2.42. The van der Waals surface area contributed by atoms with Gasteiger partial charge in [0.25, 0.3) is 11.8 Å². The molecule has 10 heteroatoms. The van der Waals surface area contributed by atoms with Gasteiger partial charge in [0.05, 0.1) is 30.1 Å². The van der Waals surface area contributed by atoms with Crippen molar-refractivity contribution in [3.05, 3.63) is 51.3 Å². The minimum absolute atomic E-state index is 0.0172. The molecule has 1 unspecified atom stereocenters. The van der Waals surface area contributed by atoms with Crippen LogP contribution in [0, 0.1) is 19.3 Å². The molecular weight excluding hydrogens is 408 g/mol. The molecule has 30 heavy (non-hydrogen) atoms. The summed E-state index contributed by atoms with van der Waals surface area (Å²) in [5.74, 6) is 4.84. The van der Waals surface area contributed by atoms with Crippen LogP contribution in [0.5, 0.6) is 0 Å². The minimum atomic E-state index is -0.926. The minimum Gasteiger partial charge on any atom is -0.389 e. The monoisotopic (exact) mass is 430 g/mol. The van der Waals surface area contributed by atoms with Gasteiger partial charge in [0.1, 0.15) is 0 Å². The van der Waals surface area contributed by atoms with Crippen LogP contribution in [-0.2, 0) is 4.79 Å². The van der Waals surface area contributed by atoms with Gasteiger partial charge in [-0.2, -0.15) is 0 Å². The summed E-state index contributed by atoms with van der Waals surface area (Å²) in [4.78, 5) is 28.2. The standard InChI is InChI=1S/C20H23ClN6O3/c1-10-17(6-15-14-5-12(21)3-4-16(14)26-19(15)29)25-11(2)18(10)20(30)24-7-13(28)8-27(23)9-22/h3-6,9,13,22,25,28H,7-8,23H2,1-2H3,(H,24,30)(H,26,29)/b15-6-,22-9?. The van der Waals surface area contributed by atoms with Gasteiger partial charge >= 0.3 is 0 Å². The molecule has 3 rings (SSSR count). The zero-order valence-electron chi connectivity index (χ0n) is 16.5. The van der Waals surface area contributed by atoms with E-state index >= 15 is 0 Å². The highest BCUT2D eigenvalue weighted by atomic mass is 35.5. The maximum atomic E-state index is 12.7. The van der Waals surface area contributed by atoms with Gasteiger partial charge in [-0.3, -0.25) is 20.0 Å². The summed E-state index contributed by atoms with van der Waals surface area (Å²) in [6.07, 6.45) is 1.66. The molecule has 0 saturated heterocycles. The van der Waals surface area contributed by atoms with Gasteiger partial charge in [-0.1, -0.05) is 11.6 Å². The zero-order valence-corrected chi connectivity index (χ0v) is 17.3. The SMILES string of the molecule is Cc1[nH]c(/C=C2\C(=O)Nc3ccc(Cl)cc32)c(C)c1C(=O)NCC(O)CN(N)C=N.